The van der Waals surface area contributed by atoms with Gasteiger partial charge < -0.3 is 4.74 Å². The Bertz CT molecular complexity index is 1380. The topological polar surface area (TPSA) is 104 Å². The fourth-order valence-corrected chi connectivity index (χ4v) is 3.92. The largest absolute Gasteiger partial charge is 0.458 e. The number of benzene rings is 2. The minimum atomic E-state index is -2.71. The van der Waals surface area contributed by atoms with E-state index in [1.807, 2.05) is 6.07 Å². The van der Waals surface area contributed by atoms with Crippen molar-refractivity contribution >= 4 is 17.6 Å². The summed E-state index contributed by atoms with van der Waals surface area (Å²) in [5, 5.41) is 15.6. The van der Waals surface area contributed by atoms with Crippen molar-refractivity contribution in [1.29, 1.82) is 5.26 Å². The SMILES string of the molecule is C=CCOC(=O)C1=C(C)N(c2cccc(C(F)F)c2)c2n[nH]c(=O)n2C1c1ccc(C#N)cc1. The number of fused-ring (bicyclic) bond motifs is 1. The van der Waals surface area contributed by atoms with Gasteiger partial charge in [0.2, 0.25) is 5.95 Å². The van der Waals surface area contributed by atoms with Crippen LogP contribution >= 0.6 is 0 Å². The lowest BCUT2D eigenvalue weighted by Crippen LogP contribution is -2.37. The van der Waals surface area contributed by atoms with Gasteiger partial charge in [0.15, 0.2) is 0 Å². The maximum Gasteiger partial charge on any atom is 0.345 e. The van der Waals surface area contributed by atoms with Crippen LogP contribution in [0.3, 0.4) is 0 Å². The normalized spacial score (nSPS) is 15.1. The van der Waals surface area contributed by atoms with Crippen LogP contribution in [0.15, 0.2) is 77.3 Å². The third-order valence-electron chi connectivity index (χ3n) is 5.43. The average molecular weight is 463 g/mol. The molecular weight excluding hydrogens is 444 g/mol. The lowest BCUT2D eigenvalue weighted by molar-refractivity contribution is -0.138. The molecule has 0 saturated heterocycles. The molecule has 1 unspecified atom stereocenters. The zero-order valence-electron chi connectivity index (χ0n) is 18.0. The van der Waals surface area contributed by atoms with Gasteiger partial charge in [-0.15, -0.1) is 5.10 Å². The Balaban J connectivity index is 1.97. The molecule has 0 amide bonds. The second-order valence-electron chi connectivity index (χ2n) is 7.45. The molecule has 10 heteroatoms. The quantitative estimate of drug-likeness (QED) is 0.436. The molecule has 1 aromatic heterocycles. The smallest absolute Gasteiger partial charge is 0.345 e. The van der Waals surface area contributed by atoms with Gasteiger partial charge in [-0.25, -0.2) is 28.0 Å². The van der Waals surface area contributed by atoms with Crippen LogP contribution in [0.25, 0.3) is 0 Å². The molecule has 34 heavy (non-hydrogen) atoms. The summed E-state index contributed by atoms with van der Waals surface area (Å²) >= 11 is 0. The number of carbonyl (C=O) groups is 1. The van der Waals surface area contributed by atoms with E-state index >= 15 is 0 Å². The molecule has 0 radical (unpaired) electrons. The Kier molecular flexibility index (Phi) is 6.10. The van der Waals surface area contributed by atoms with E-state index < -0.39 is 24.1 Å². The number of ether oxygens (including phenoxy) is 1. The minimum absolute atomic E-state index is 0.0658. The summed E-state index contributed by atoms with van der Waals surface area (Å²) in [6.07, 6.45) is -1.30. The van der Waals surface area contributed by atoms with Gasteiger partial charge in [-0.1, -0.05) is 36.9 Å². The third kappa shape index (κ3) is 3.88. The number of carbonyl (C=O) groups excluding carboxylic acids is 1. The molecule has 0 aliphatic carbocycles. The van der Waals surface area contributed by atoms with Crippen molar-refractivity contribution in [2.75, 3.05) is 11.5 Å². The first kappa shape index (κ1) is 22.7. The summed E-state index contributed by atoms with van der Waals surface area (Å²) in [7, 11) is 0. The number of nitrogens with one attached hydrogen (secondary N) is 1. The van der Waals surface area contributed by atoms with E-state index in [0.29, 0.717) is 22.5 Å². The van der Waals surface area contributed by atoms with Crippen LogP contribution in [0.4, 0.5) is 20.4 Å². The summed E-state index contributed by atoms with van der Waals surface area (Å²) in [5.41, 5.74) is 0.866. The number of esters is 1. The number of aromatic amines is 1. The molecule has 0 saturated carbocycles. The highest BCUT2D eigenvalue weighted by Crippen LogP contribution is 2.42. The molecule has 0 spiro atoms. The van der Waals surface area contributed by atoms with Crippen molar-refractivity contribution in [3.63, 3.8) is 0 Å². The van der Waals surface area contributed by atoms with Crippen LogP contribution in [-0.2, 0) is 9.53 Å². The fraction of sp³-hybridized carbons (Fsp3) is 0.167. The number of nitriles is 1. The summed E-state index contributed by atoms with van der Waals surface area (Å²) < 4.78 is 33.3. The molecular formula is C24H19F2N5O3. The third-order valence-corrected chi connectivity index (χ3v) is 5.43. The van der Waals surface area contributed by atoms with E-state index in [9.17, 15) is 18.4 Å². The number of anilines is 2. The number of allylic oxidation sites excluding steroid dienone is 1. The van der Waals surface area contributed by atoms with Crippen molar-refractivity contribution in [3.8, 4) is 6.07 Å². The first-order valence-corrected chi connectivity index (χ1v) is 10.2. The number of aromatic nitrogens is 3. The minimum Gasteiger partial charge on any atom is -0.458 e. The first-order chi connectivity index (χ1) is 16.4. The predicted octanol–water partition coefficient (Wildman–Crippen LogP) is 4.12. The van der Waals surface area contributed by atoms with E-state index in [4.69, 9.17) is 10.00 Å². The van der Waals surface area contributed by atoms with Gasteiger partial charge in [0.1, 0.15) is 12.6 Å². The van der Waals surface area contributed by atoms with Crippen LogP contribution in [0.2, 0.25) is 0 Å². The van der Waals surface area contributed by atoms with E-state index in [1.165, 1.54) is 33.7 Å². The number of alkyl halides is 2. The van der Waals surface area contributed by atoms with Gasteiger partial charge in [-0.05, 0) is 36.8 Å². The molecule has 1 aliphatic rings. The molecule has 0 fully saturated rings. The summed E-state index contributed by atoms with van der Waals surface area (Å²) in [6, 6.07) is 13.1. The number of hydrogen-bond acceptors (Lipinski definition) is 6. The molecule has 2 aromatic carbocycles. The van der Waals surface area contributed by atoms with Crippen molar-refractivity contribution in [2.24, 2.45) is 0 Å². The molecule has 0 bridgehead atoms. The summed E-state index contributed by atoms with van der Waals surface area (Å²) in [6.45, 7) is 5.11. The first-order valence-electron chi connectivity index (χ1n) is 10.2. The van der Waals surface area contributed by atoms with Crippen LogP contribution in [0, 0.1) is 11.3 Å². The zero-order valence-corrected chi connectivity index (χ0v) is 18.0. The van der Waals surface area contributed by atoms with Crippen molar-refractivity contribution in [1.82, 2.24) is 14.8 Å². The highest BCUT2D eigenvalue weighted by molar-refractivity contribution is 5.93. The molecule has 1 N–H and O–H groups in total. The maximum atomic E-state index is 13.4. The highest BCUT2D eigenvalue weighted by Gasteiger charge is 2.39. The Morgan fingerprint density at radius 2 is 2.06 bits per heavy atom. The molecule has 4 rings (SSSR count). The molecule has 8 nitrogen and oxygen atoms in total. The maximum absolute atomic E-state index is 13.4. The van der Waals surface area contributed by atoms with Crippen molar-refractivity contribution in [2.45, 2.75) is 19.4 Å². The molecule has 2 heterocycles. The molecule has 172 valence electrons. The summed E-state index contributed by atoms with van der Waals surface area (Å²) in [4.78, 5) is 27.5. The van der Waals surface area contributed by atoms with Crippen LogP contribution < -0.4 is 10.6 Å². The second-order valence-corrected chi connectivity index (χ2v) is 7.45. The Morgan fingerprint density at radius 3 is 2.71 bits per heavy atom. The Labute approximate surface area is 193 Å². The second kappa shape index (κ2) is 9.15. The molecule has 1 atom stereocenters. The van der Waals surface area contributed by atoms with Gasteiger partial charge in [-0.2, -0.15) is 5.26 Å². The van der Waals surface area contributed by atoms with Gasteiger partial charge in [-0.3, -0.25) is 4.90 Å². The average Bonchev–Trinajstić information content (AvgIpc) is 3.22. The highest BCUT2D eigenvalue weighted by atomic mass is 19.3. The lowest BCUT2D eigenvalue weighted by atomic mass is 9.93. The standard InChI is InChI=1S/C24H19F2N5O3/c1-3-11-34-22(32)19-14(2)30(18-6-4-5-17(12-18)21(25)26)23-28-29-24(33)31(23)20(19)16-9-7-15(13-27)8-10-16/h3-10,12,20-21H,1,11H2,2H3,(H,29,33). The van der Waals surface area contributed by atoms with E-state index in [0.717, 1.165) is 0 Å². The van der Waals surface area contributed by atoms with Gasteiger partial charge in [0.05, 0.1) is 17.2 Å². The van der Waals surface area contributed by atoms with Crippen molar-refractivity contribution < 1.29 is 18.3 Å². The predicted molar refractivity (Wildman–Crippen MR) is 120 cm³/mol. The number of nitrogens with zero attached hydrogens (tertiary/aromatic N) is 4. The Morgan fingerprint density at radius 1 is 1.32 bits per heavy atom. The lowest BCUT2D eigenvalue weighted by Gasteiger charge is -2.35. The van der Waals surface area contributed by atoms with E-state index in [2.05, 4.69) is 16.8 Å². The summed E-state index contributed by atoms with van der Waals surface area (Å²) in [5.74, 6) is -0.593. The molecule has 3 aromatic rings. The van der Waals surface area contributed by atoms with Crippen LogP contribution in [0.5, 0.6) is 0 Å². The fourth-order valence-electron chi connectivity index (χ4n) is 3.92. The van der Waals surface area contributed by atoms with Crippen LogP contribution in [0.1, 0.15) is 36.1 Å². The van der Waals surface area contributed by atoms with Gasteiger partial charge in [0, 0.05) is 16.9 Å². The zero-order chi connectivity index (χ0) is 24.4. The van der Waals surface area contributed by atoms with Crippen molar-refractivity contribution in [3.05, 3.63) is 99.6 Å². The number of rotatable bonds is 6. The van der Waals surface area contributed by atoms with E-state index in [-0.39, 0.29) is 23.7 Å². The Hall–Kier alpha value is -4.52. The van der Waals surface area contributed by atoms with E-state index in [1.54, 1.807) is 37.3 Å². The van der Waals surface area contributed by atoms with Crippen LogP contribution in [-0.4, -0.2) is 27.3 Å². The monoisotopic (exact) mass is 463 g/mol. The molecule has 1 aliphatic heterocycles. The number of hydrogen-bond donors (Lipinski definition) is 1. The number of halogens is 2. The van der Waals surface area contributed by atoms with Gasteiger partial charge >= 0.3 is 11.7 Å². The number of H-pyrrole nitrogens is 1. The van der Waals surface area contributed by atoms with Gasteiger partial charge in [0.25, 0.3) is 6.43 Å².